The lowest BCUT2D eigenvalue weighted by Gasteiger charge is -2.04. The van der Waals surface area contributed by atoms with E-state index in [1.54, 1.807) is 25.3 Å². The number of allylic oxidation sites excluding steroid dienone is 1. The molecular weight excluding hydrogens is 238 g/mol. The molecule has 0 aliphatic heterocycles. The van der Waals surface area contributed by atoms with Crippen molar-refractivity contribution in [1.29, 1.82) is 0 Å². The highest BCUT2D eigenvalue weighted by Gasteiger charge is 2.05. The summed E-state index contributed by atoms with van der Waals surface area (Å²) in [5.41, 5.74) is 2.03. The summed E-state index contributed by atoms with van der Waals surface area (Å²) in [5.74, 6) is -0.0664. The first-order chi connectivity index (χ1) is 9.20. The van der Waals surface area contributed by atoms with Gasteiger partial charge in [0.15, 0.2) is 5.78 Å². The third kappa shape index (κ3) is 3.22. The highest BCUT2D eigenvalue weighted by Crippen LogP contribution is 2.23. The molecule has 0 fully saturated rings. The number of phenolic OH excluding ortho intramolecular Hbond substituents is 1. The molecule has 0 aliphatic rings. The van der Waals surface area contributed by atoms with Gasteiger partial charge in [-0.25, -0.2) is 0 Å². The number of carbonyl (C=O) groups excluding carboxylic acids is 1. The Morgan fingerprint density at radius 2 is 1.89 bits per heavy atom. The number of aromatic hydroxyl groups is 1. The standard InChI is InChI=1S/C16H15NO2/c1-17-14-9-8-13(11-16(14)19)15(18)10-7-12-5-3-2-4-6-12/h2-11,17,19H,1H3/b10-7+. The van der Waals surface area contributed by atoms with Crippen molar-refractivity contribution in [2.24, 2.45) is 0 Å². The van der Waals surface area contributed by atoms with E-state index >= 15 is 0 Å². The van der Waals surface area contributed by atoms with E-state index in [1.165, 1.54) is 12.1 Å². The summed E-state index contributed by atoms with van der Waals surface area (Å²) in [5, 5.41) is 12.5. The molecule has 96 valence electrons. The van der Waals surface area contributed by atoms with E-state index in [9.17, 15) is 9.90 Å². The summed E-state index contributed by atoms with van der Waals surface area (Å²) in [6.45, 7) is 0. The normalized spacial score (nSPS) is 10.6. The van der Waals surface area contributed by atoms with Crippen LogP contribution in [0.5, 0.6) is 5.75 Å². The Hall–Kier alpha value is -2.55. The first-order valence-electron chi connectivity index (χ1n) is 5.99. The lowest BCUT2D eigenvalue weighted by Crippen LogP contribution is -1.96. The molecule has 0 radical (unpaired) electrons. The molecule has 2 rings (SSSR count). The van der Waals surface area contributed by atoms with Crippen molar-refractivity contribution in [3.63, 3.8) is 0 Å². The SMILES string of the molecule is CNc1ccc(C(=O)/C=C/c2ccccc2)cc1O. The topological polar surface area (TPSA) is 49.3 Å². The lowest BCUT2D eigenvalue weighted by atomic mass is 10.1. The van der Waals surface area contributed by atoms with Gasteiger partial charge >= 0.3 is 0 Å². The minimum Gasteiger partial charge on any atom is -0.506 e. The second kappa shape index (κ2) is 5.87. The highest BCUT2D eigenvalue weighted by atomic mass is 16.3. The Morgan fingerprint density at radius 3 is 2.53 bits per heavy atom. The molecule has 3 nitrogen and oxygen atoms in total. The van der Waals surface area contributed by atoms with Crippen LogP contribution in [0, 0.1) is 0 Å². The highest BCUT2D eigenvalue weighted by molar-refractivity contribution is 6.07. The monoisotopic (exact) mass is 253 g/mol. The van der Waals surface area contributed by atoms with Gasteiger partial charge in [0.2, 0.25) is 0 Å². The van der Waals surface area contributed by atoms with E-state index in [1.807, 2.05) is 30.3 Å². The Labute approximate surface area is 112 Å². The molecule has 3 heteroatoms. The van der Waals surface area contributed by atoms with E-state index < -0.39 is 0 Å². The van der Waals surface area contributed by atoms with Crippen LogP contribution in [0.2, 0.25) is 0 Å². The number of hydrogen-bond donors (Lipinski definition) is 2. The molecule has 0 saturated carbocycles. The number of anilines is 1. The maximum absolute atomic E-state index is 12.0. The quantitative estimate of drug-likeness (QED) is 0.499. The Balaban J connectivity index is 2.16. The van der Waals surface area contributed by atoms with Crippen LogP contribution < -0.4 is 5.32 Å². The van der Waals surface area contributed by atoms with Crippen molar-refractivity contribution in [2.75, 3.05) is 12.4 Å². The fourth-order valence-corrected chi connectivity index (χ4v) is 1.73. The largest absolute Gasteiger partial charge is 0.506 e. The van der Waals surface area contributed by atoms with E-state index in [-0.39, 0.29) is 11.5 Å². The molecule has 0 aliphatic carbocycles. The minimum atomic E-state index is -0.137. The maximum atomic E-state index is 12.0. The Bertz CT molecular complexity index is 603. The van der Waals surface area contributed by atoms with Gasteiger partial charge < -0.3 is 10.4 Å². The molecule has 0 saturated heterocycles. The average Bonchev–Trinajstić information content (AvgIpc) is 2.45. The van der Waals surface area contributed by atoms with Crippen LogP contribution >= 0.6 is 0 Å². The second-order valence-corrected chi connectivity index (χ2v) is 4.09. The zero-order chi connectivity index (χ0) is 13.7. The fraction of sp³-hybridized carbons (Fsp3) is 0.0625. The van der Waals surface area contributed by atoms with Crippen LogP contribution in [0.1, 0.15) is 15.9 Å². The van der Waals surface area contributed by atoms with Crippen LogP contribution in [-0.2, 0) is 0 Å². The number of nitrogens with one attached hydrogen (secondary N) is 1. The van der Waals surface area contributed by atoms with Gasteiger partial charge in [0.25, 0.3) is 0 Å². The molecule has 19 heavy (non-hydrogen) atoms. The molecule has 2 aromatic rings. The number of ketones is 1. The summed E-state index contributed by atoms with van der Waals surface area (Å²) in [4.78, 5) is 12.0. The predicted molar refractivity (Wildman–Crippen MR) is 77.5 cm³/mol. The van der Waals surface area contributed by atoms with Gasteiger partial charge in [-0.2, -0.15) is 0 Å². The van der Waals surface area contributed by atoms with Crippen molar-refractivity contribution in [3.8, 4) is 5.75 Å². The van der Waals surface area contributed by atoms with E-state index in [0.29, 0.717) is 11.3 Å². The van der Waals surface area contributed by atoms with Gasteiger partial charge in [0, 0.05) is 12.6 Å². The summed E-state index contributed by atoms with van der Waals surface area (Å²) in [6.07, 6.45) is 3.26. The lowest BCUT2D eigenvalue weighted by molar-refractivity contribution is 0.104. The molecule has 0 unspecified atom stereocenters. The van der Waals surface area contributed by atoms with Gasteiger partial charge in [-0.3, -0.25) is 4.79 Å². The Morgan fingerprint density at radius 1 is 1.16 bits per heavy atom. The third-order valence-corrected chi connectivity index (χ3v) is 2.78. The van der Waals surface area contributed by atoms with Gasteiger partial charge in [0.1, 0.15) is 5.75 Å². The first kappa shape index (κ1) is 12.9. The first-order valence-corrected chi connectivity index (χ1v) is 5.99. The zero-order valence-electron chi connectivity index (χ0n) is 10.6. The molecule has 0 atom stereocenters. The Kier molecular flexibility index (Phi) is 3.98. The molecule has 0 aromatic heterocycles. The molecule has 0 amide bonds. The third-order valence-electron chi connectivity index (χ3n) is 2.78. The summed E-state index contributed by atoms with van der Waals surface area (Å²) in [7, 11) is 1.71. The van der Waals surface area contributed by atoms with Crippen molar-refractivity contribution >= 4 is 17.5 Å². The summed E-state index contributed by atoms with van der Waals surface area (Å²) < 4.78 is 0. The summed E-state index contributed by atoms with van der Waals surface area (Å²) in [6, 6.07) is 14.4. The van der Waals surface area contributed by atoms with Crippen LogP contribution in [0.25, 0.3) is 6.08 Å². The molecule has 2 N–H and O–H groups in total. The van der Waals surface area contributed by atoms with Gasteiger partial charge in [0.05, 0.1) is 5.69 Å². The number of phenols is 1. The van der Waals surface area contributed by atoms with Gasteiger partial charge in [-0.15, -0.1) is 0 Å². The smallest absolute Gasteiger partial charge is 0.185 e. The van der Waals surface area contributed by atoms with Crippen LogP contribution in [0.15, 0.2) is 54.6 Å². The summed E-state index contributed by atoms with van der Waals surface area (Å²) >= 11 is 0. The zero-order valence-corrected chi connectivity index (χ0v) is 10.6. The van der Waals surface area contributed by atoms with Crippen molar-refractivity contribution in [1.82, 2.24) is 0 Å². The number of carbonyl (C=O) groups is 1. The van der Waals surface area contributed by atoms with E-state index in [4.69, 9.17) is 0 Å². The van der Waals surface area contributed by atoms with Crippen LogP contribution in [0.3, 0.4) is 0 Å². The maximum Gasteiger partial charge on any atom is 0.185 e. The van der Waals surface area contributed by atoms with Crippen molar-refractivity contribution < 1.29 is 9.90 Å². The number of benzene rings is 2. The van der Waals surface area contributed by atoms with Crippen LogP contribution in [-0.4, -0.2) is 17.9 Å². The predicted octanol–water partition coefficient (Wildman–Crippen LogP) is 3.33. The van der Waals surface area contributed by atoms with Gasteiger partial charge in [-0.1, -0.05) is 36.4 Å². The molecule has 0 bridgehead atoms. The number of rotatable bonds is 4. The number of hydrogen-bond acceptors (Lipinski definition) is 3. The van der Waals surface area contributed by atoms with Crippen molar-refractivity contribution in [3.05, 3.63) is 65.7 Å². The minimum absolute atomic E-state index is 0.0708. The van der Waals surface area contributed by atoms with Gasteiger partial charge in [-0.05, 0) is 29.8 Å². The van der Waals surface area contributed by atoms with E-state index in [2.05, 4.69) is 5.32 Å². The second-order valence-electron chi connectivity index (χ2n) is 4.09. The van der Waals surface area contributed by atoms with Crippen LogP contribution in [0.4, 0.5) is 5.69 Å². The fourth-order valence-electron chi connectivity index (χ4n) is 1.73. The average molecular weight is 253 g/mol. The van der Waals surface area contributed by atoms with Crippen molar-refractivity contribution in [2.45, 2.75) is 0 Å². The molecule has 0 spiro atoms. The molecule has 0 heterocycles. The van der Waals surface area contributed by atoms with E-state index in [0.717, 1.165) is 5.56 Å². The molecule has 2 aromatic carbocycles. The molecular formula is C16H15NO2.